The van der Waals surface area contributed by atoms with Crippen molar-refractivity contribution in [1.29, 1.82) is 0 Å². The van der Waals surface area contributed by atoms with Crippen molar-refractivity contribution in [3.05, 3.63) is 180 Å². The molecule has 4 heteroatoms. The maximum Gasteiger partial charge on any atom is 0.0712 e. The zero-order valence-corrected chi connectivity index (χ0v) is 29.7. The summed E-state index contributed by atoms with van der Waals surface area (Å²) in [5.41, 5.74) is 12.6. The van der Waals surface area contributed by atoms with Crippen molar-refractivity contribution >= 4 is 36.0 Å². The largest absolute Gasteiger partial charge is 0.280 e. The zero-order valence-electron chi connectivity index (χ0n) is 28.1. The van der Waals surface area contributed by atoms with Crippen molar-refractivity contribution in [2.75, 3.05) is 0 Å². The fourth-order valence-electron chi connectivity index (χ4n) is 6.61. The van der Waals surface area contributed by atoms with Gasteiger partial charge in [-0.2, -0.15) is 0 Å². The summed E-state index contributed by atoms with van der Waals surface area (Å²) in [4.78, 5) is 14.8. The number of hydrogen-bond acceptors (Lipinski definition) is 4. The van der Waals surface area contributed by atoms with Crippen LogP contribution >= 0.6 is 23.5 Å². The van der Waals surface area contributed by atoms with Gasteiger partial charge in [0, 0.05) is 25.0 Å². The van der Waals surface area contributed by atoms with Gasteiger partial charge in [0.2, 0.25) is 0 Å². The van der Waals surface area contributed by atoms with Crippen LogP contribution in [0.3, 0.4) is 0 Å². The van der Waals surface area contributed by atoms with Crippen LogP contribution < -0.4 is 0 Å². The Morgan fingerprint density at radius 2 is 1.39 bits per heavy atom. The number of nitrogens with zero attached hydrogens (tertiary/aromatic N) is 2. The minimum atomic E-state index is -0.0518. The van der Waals surface area contributed by atoms with Gasteiger partial charge in [0.1, 0.15) is 0 Å². The smallest absolute Gasteiger partial charge is 0.0712 e. The molecular weight excluding hydrogens is 633 g/mol. The van der Waals surface area contributed by atoms with Crippen LogP contribution in [0.15, 0.2) is 187 Å². The summed E-state index contributed by atoms with van der Waals surface area (Å²) in [6.07, 6.45) is 9.67. The van der Waals surface area contributed by atoms with Crippen LogP contribution in [0.4, 0.5) is 0 Å². The van der Waals surface area contributed by atoms with E-state index >= 15 is 0 Å². The summed E-state index contributed by atoms with van der Waals surface area (Å²) in [7, 11) is 0. The fraction of sp³-hybridized carbons (Fsp3) is 0.111. The van der Waals surface area contributed by atoms with Crippen LogP contribution in [-0.2, 0) is 12.0 Å². The quantitative estimate of drug-likeness (QED) is 0.113. The van der Waals surface area contributed by atoms with Crippen LogP contribution in [0.1, 0.15) is 43.0 Å². The van der Waals surface area contributed by atoms with Gasteiger partial charge in [0.05, 0.1) is 18.0 Å². The molecule has 0 atom stereocenters. The highest BCUT2D eigenvalue weighted by Crippen LogP contribution is 2.56. The van der Waals surface area contributed by atoms with Gasteiger partial charge in [-0.25, -0.2) is 0 Å². The molecule has 0 N–H and O–H groups in total. The first-order valence-electron chi connectivity index (χ1n) is 16.5. The maximum absolute atomic E-state index is 5.07. The van der Waals surface area contributed by atoms with Gasteiger partial charge in [-0.3, -0.25) is 9.98 Å². The number of aliphatic imine (C=N–C) groups is 2. The van der Waals surface area contributed by atoms with Crippen LogP contribution in [0, 0.1) is 0 Å². The molecule has 0 spiro atoms. The lowest BCUT2D eigenvalue weighted by atomic mass is 9.82. The highest BCUT2D eigenvalue weighted by atomic mass is 32.2. The molecule has 0 aromatic heterocycles. The summed E-state index contributed by atoms with van der Waals surface area (Å²) < 4.78 is 0. The zero-order chi connectivity index (χ0) is 34.0. The summed E-state index contributed by atoms with van der Waals surface area (Å²) >= 11 is 3.78. The molecule has 5 aromatic rings. The van der Waals surface area contributed by atoms with Gasteiger partial charge in [0.25, 0.3) is 0 Å². The van der Waals surface area contributed by atoms with E-state index in [1.165, 1.54) is 53.0 Å². The molecule has 0 radical (unpaired) electrons. The predicted molar refractivity (Wildman–Crippen MR) is 212 cm³/mol. The monoisotopic (exact) mass is 670 g/mol. The summed E-state index contributed by atoms with van der Waals surface area (Å²) in [6, 6.07) is 39.6. The number of benzene rings is 5. The Morgan fingerprint density at radius 3 is 2.06 bits per heavy atom. The molecule has 7 rings (SSSR count). The first kappa shape index (κ1) is 32.6. The molecule has 2 aliphatic rings. The molecule has 1 aliphatic heterocycles. The molecule has 1 aliphatic carbocycles. The number of hydrogen-bond donors (Lipinski definition) is 0. The summed E-state index contributed by atoms with van der Waals surface area (Å²) in [6.45, 7) is 14.9. The lowest BCUT2D eigenvalue weighted by Gasteiger charge is -2.24. The van der Waals surface area contributed by atoms with Crippen LogP contribution in [0.25, 0.3) is 22.3 Å². The molecule has 0 fully saturated rings. The third-order valence-electron chi connectivity index (χ3n) is 9.28. The van der Waals surface area contributed by atoms with E-state index in [-0.39, 0.29) is 5.41 Å². The normalized spacial score (nSPS) is 15.0. The van der Waals surface area contributed by atoms with Gasteiger partial charge in [-0.15, -0.1) is 0 Å². The lowest BCUT2D eigenvalue weighted by Crippen LogP contribution is -2.15. The molecule has 5 aromatic carbocycles. The van der Waals surface area contributed by atoms with Crippen LogP contribution in [0.2, 0.25) is 0 Å². The van der Waals surface area contributed by atoms with Gasteiger partial charge in [0.15, 0.2) is 0 Å². The first-order valence-corrected chi connectivity index (χ1v) is 18.1. The van der Waals surface area contributed by atoms with Crippen molar-refractivity contribution in [3.63, 3.8) is 0 Å². The van der Waals surface area contributed by atoms with Crippen LogP contribution in [0.5, 0.6) is 0 Å². The Hall–Kier alpha value is -4.90. The molecule has 2 nitrogen and oxygen atoms in total. The van der Waals surface area contributed by atoms with Crippen molar-refractivity contribution in [1.82, 2.24) is 0 Å². The van der Waals surface area contributed by atoms with Gasteiger partial charge >= 0.3 is 0 Å². The van der Waals surface area contributed by atoms with E-state index in [4.69, 9.17) is 4.99 Å². The SMILES string of the molecule is C=C\C=C/C(=C\C)C(=C/C(=NCc1ccc(-c2ccc3c(c2)-c2cc4c(cc2C3(C)C)Sc2ccccc2S4)cc1)c1ccccc1)/N=C. The van der Waals surface area contributed by atoms with Crippen molar-refractivity contribution < 1.29 is 0 Å². The second kappa shape index (κ2) is 13.9. The first-order chi connectivity index (χ1) is 23.9. The molecular formula is C45H38N2S2. The van der Waals surface area contributed by atoms with E-state index in [2.05, 4.69) is 123 Å². The van der Waals surface area contributed by atoms with E-state index in [0.29, 0.717) is 6.54 Å². The highest BCUT2D eigenvalue weighted by molar-refractivity contribution is 8.05. The Kier molecular flexibility index (Phi) is 9.27. The topological polar surface area (TPSA) is 24.7 Å². The molecule has 1 heterocycles. The van der Waals surface area contributed by atoms with Gasteiger partial charge in [-0.1, -0.05) is 147 Å². The molecule has 49 heavy (non-hydrogen) atoms. The lowest BCUT2D eigenvalue weighted by molar-refractivity contribution is 0.657. The van der Waals surface area contributed by atoms with Crippen molar-refractivity contribution in [2.24, 2.45) is 9.98 Å². The second-order valence-corrected chi connectivity index (χ2v) is 14.8. The average molecular weight is 671 g/mol. The van der Waals surface area contributed by atoms with E-state index < -0.39 is 0 Å². The number of allylic oxidation sites excluding steroid dienone is 5. The molecule has 0 bridgehead atoms. The Balaban J connectivity index is 1.17. The Bertz CT molecular complexity index is 2200. The van der Waals surface area contributed by atoms with Gasteiger partial charge in [-0.05, 0) is 100 Å². The Labute approximate surface area is 298 Å². The van der Waals surface area contributed by atoms with E-state index in [1.807, 2.05) is 73.0 Å². The standard InChI is InChI=1S/C45H38N2S2/c1-6-8-14-31(7-2)39(46-5)28-40(33-15-10-9-11-16-33)47-29-30-19-21-32(22-20-30)34-23-24-37-35(25-34)36-26-43-44(27-38(36)45(37,3)4)49-42-18-13-12-17-41(42)48-43/h6-28H,1,5,29H2,2-4H3/b14-8-,31-7+,39-28-,47-40?. The minimum Gasteiger partial charge on any atom is -0.280 e. The van der Waals surface area contributed by atoms with Crippen LogP contribution in [-0.4, -0.2) is 12.4 Å². The van der Waals surface area contributed by atoms with Gasteiger partial charge < -0.3 is 0 Å². The van der Waals surface area contributed by atoms with E-state index in [0.717, 1.165) is 28.1 Å². The van der Waals surface area contributed by atoms with Crippen molar-refractivity contribution in [2.45, 2.75) is 52.3 Å². The number of rotatable bonds is 9. The average Bonchev–Trinajstić information content (AvgIpc) is 3.35. The van der Waals surface area contributed by atoms with Crippen molar-refractivity contribution in [3.8, 4) is 22.3 Å². The Morgan fingerprint density at radius 1 is 0.735 bits per heavy atom. The fourth-order valence-corrected chi connectivity index (χ4v) is 8.89. The van der Waals surface area contributed by atoms with E-state index in [9.17, 15) is 0 Å². The van der Waals surface area contributed by atoms with E-state index in [1.54, 1.807) is 6.08 Å². The molecule has 0 unspecified atom stereocenters. The predicted octanol–water partition coefficient (Wildman–Crippen LogP) is 12.5. The molecule has 240 valence electrons. The maximum atomic E-state index is 5.07. The summed E-state index contributed by atoms with van der Waals surface area (Å²) in [5.74, 6) is 0. The number of fused-ring (bicyclic) bond motifs is 5. The molecule has 0 amide bonds. The highest BCUT2D eigenvalue weighted by Gasteiger charge is 2.37. The second-order valence-electron chi connectivity index (χ2n) is 12.7. The molecule has 0 saturated carbocycles. The third kappa shape index (κ3) is 6.47. The third-order valence-corrected chi connectivity index (χ3v) is 11.8. The minimum absolute atomic E-state index is 0.0518. The molecule has 0 saturated heterocycles. The summed E-state index contributed by atoms with van der Waals surface area (Å²) in [5, 5.41) is 0.